The third-order valence-corrected chi connectivity index (χ3v) is 11.7. The normalized spacial score (nSPS) is 26.6. The van der Waals surface area contributed by atoms with Crippen molar-refractivity contribution in [2.75, 3.05) is 20.1 Å². The molecular weight excluding hydrogens is 604 g/mol. The molecule has 3 aromatic rings. The van der Waals surface area contributed by atoms with Gasteiger partial charge in [-0.05, 0) is 92.8 Å². The Bertz CT molecular complexity index is 1760. The molecule has 2 aliphatic heterocycles. The fraction of sp³-hybridized carbons (Fsp3) is 0.475. The smallest absolute Gasteiger partial charge is 0.308 e. The third-order valence-electron chi connectivity index (χ3n) is 11.7. The van der Waals surface area contributed by atoms with Crippen LogP contribution in [0.3, 0.4) is 0 Å². The maximum atomic E-state index is 13.9. The minimum Gasteiger partial charge on any atom is -0.483 e. The van der Waals surface area contributed by atoms with Crippen molar-refractivity contribution in [2.45, 2.75) is 102 Å². The summed E-state index contributed by atoms with van der Waals surface area (Å²) in [5.74, 6) is 0.264. The van der Waals surface area contributed by atoms with E-state index in [9.17, 15) is 14.4 Å². The fourth-order valence-corrected chi connectivity index (χ4v) is 9.42. The Balaban J connectivity index is 1.26. The van der Waals surface area contributed by atoms with Crippen molar-refractivity contribution in [3.05, 3.63) is 94.0 Å². The molecule has 1 amide bonds. The van der Waals surface area contributed by atoms with Gasteiger partial charge >= 0.3 is 11.9 Å². The summed E-state index contributed by atoms with van der Waals surface area (Å²) in [5.41, 5.74) is 5.45. The van der Waals surface area contributed by atoms with Gasteiger partial charge in [0.15, 0.2) is 11.5 Å². The van der Waals surface area contributed by atoms with Gasteiger partial charge in [0.25, 0.3) is 0 Å². The van der Waals surface area contributed by atoms with Crippen molar-refractivity contribution >= 4 is 17.8 Å². The molecule has 2 bridgehead atoms. The highest BCUT2D eigenvalue weighted by Crippen LogP contribution is 2.67. The zero-order chi connectivity index (χ0) is 33.8. The summed E-state index contributed by atoms with van der Waals surface area (Å²) in [4.78, 5) is 43.6. The lowest BCUT2D eigenvalue weighted by Gasteiger charge is -2.65. The molecule has 2 heterocycles. The average Bonchev–Trinajstić information content (AvgIpc) is 3.41. The first-order chi connectivity index (χ1) is 23.0. The van der Waals surface area contributed by atoms with Gasteiger partial charge in [-0.25, -0.2) is 0 Å². The number of rotatable bonds is 9. The van der Waals surface area contributed by atoms with Gasteiger partial charge in [0.2, 0.25) is 5.91 Å². The van der Waals surface area contributed by atoms with Crippen molar-refractivity contribution in [3.8, 4) is 11.5 Å². The molecule has 1 saturated heterocycles. The summed E-state index contributed by atoms with van der Waals surface area (Å²) in [5, 5.41) is 0. The van der Waals surface area contributed by atoms with Gasteiger partial charge in [0.1, 0.15) is 11.7 Å². The molecule has 5 atom stereocenters. The van der Waals surface area contributed by atoms with E-state index in [0.717, 1.165) is 36.2 Å². The Morgan fingerprint density at radius 3 is 2.46 bits per heavy atom. The van der Waals surface area contributed by atoms with Crippen LogP contribution < -0.4 is 9.47 Å². The van der Waals surface area contributed by atoms with E-state index in [-0.39, 0.29) is 24.0 Å². The zero-order valence-electron chi connectivity index (χ0n) is 28.7. The molecule has 4 aliphatic rings. The number of hydrogen-bond donors (Lipinski definition) is 0. The van der Waals surface area contributed by atoms with Crippen LogP contribution in [-0.4, -0.2) is 71.6 Å². The highest BCUT2D eigenvalue weighted by Gasteiger charge is 2.75. The predicted molar refractivity (Wildman–Crippen MR) is 182 cm³/mol. The van der Waals surface area contributed by atoms with Crippen LogP contribution in [0.15, 0.2) is 60.7 Å². The lowest BCUT2D eigenvalue weighted by atomic mass is 9.48. The number of esters is 2. The van der Waals surface area contributed by atoms with Crippen LogP contribution in [0.5, 0.6) is 11.5 Å². The standard InChI is InChI=1S/C40H46N2O6/c1-25-11-12-30(23-26(25)2)13-16-35(45)41(5)32-17-19-40(48-28(4)44)34-24-31-14-15-33(46-27(3)43)37-36(31)39(40,38(32)47-37)20-22-42(34)21-18-29-9-7-6-8-10-29/h6-12,14-15,23,32,34,38H,13,16-22,24H2,1-5H3/t32?,34-,38?,39+,40-/m1/s1. The number of likely N-dealkylation sites (tertiary alicyclic amines) is 1. The van der Waals surface area contributed by atoms with Crippen molar-refractivity contribution in [1.29, 1.82) is 0 Å². The summed E-state index contributed by atoms with van der Waals surface area (Å²) < 4.78 is 19.3. The largest absolute Gasteiger partial charge is 0.483 e. The second-order valence-corrected chi connectivity index (χ2v) is 14.3. The van der Waals surface area contributed by atoms with Crippen LogP contribution in [0.25, 0.3) is 0 Å². The van der Waals surface area contributed by atoms with E-state index in [2.05, 4.69) is 67.3 Å². The maximum absolute atomic E-state index is 13.9. The zero-order valence-corrected chi connectivity index (χ0v) is 28.7. The second-order valence-electron chi connectivity index (χ2n) is 14.3. The first-order valence-electron chi connectivity index (χ1n) is 17.3. The molecule has 1 spiro atoms. The monoisotopic (exact) mass is 650 g/mol. The lowest BCUT2D eigenvalue weighted by molar-refractivity contribution is -0.223. The number of carbonyl (C=O) groups excluding carboxylic acids is 3. The van der Waals surface area contributed by atoms with E-state index >= 15 is 0 Å². The van der Waals surface area contributed by atoms with Gasteiger partial charge in [-0.2, -0.15) is 0 Å². The lowest BCUT2D eigenvalue weighted by Crippen LogP contribution is -2.79. The molecule has 1 saturated carbocycles. The van der Waals surface area contributed by atoms with E-state index in [1.54, 1.807) is 0 Å². The Labute approximate surface area is 283 Å². The van der Waals surface area contributed by atoms with Crippen molar-refractivity contribution in [1.82, 2.24) is 9.80 Å². The number of benzene rings is 3. The number of likely N-dealkylation sites (N-methyl/N-ethyl adjacent to an activating group) is 1. The first kappa shape index (κ1) is 32.4. The minimum absolute atomic E-state index is 0.0576. The van der Waals surface area contributed by atoms with Gasteiger partial charge in [0.05, 0.1) is 17.5 Å². The number of piperidine rings is 1. The number of aryl methyl sites for hydroxylation is 3. The quantitative estimate of drug-likeness (QED) is 0.218. The van der Waals surface area contributed by atoms with E-state index in [1.165, 1.54) is 30.5 Å². The van der Waals surface area contributed by atoms with Gasteiger partial charge in [-0.3, -0.25) is 19.3 Å². The Morgan fingerprint density at radius 1 is 0.938 bits per heavy atom. The first-order valence-corrected chi connectivity index (χ1v) is 17.3. The minimum atomic E-state index is -0.856. The van der Waals surface area contributed by atoms with Gasteiger partial charge in [-0.15, -0.1) is 0 Å². The molecule has 3 aromatic carbocycles. The SMILES string of the molecule is CC(=O)Oc1ccc2c3c1OC1C(N(C)C(=O)CCc4ccc(C)c(C)c4)CC[C@@]4(OC(C)=O)[C@@H](C2)N(CCc2ccccc2)CC[C@]314. The molecule has 0 N–H and O–H groups in total. The number of ether oxygens (including phenoxy) is 3. The number of nitrogens with zero attached hydrogens (tertiary/aromatic N) is 2. The second kappa shape index (κ2) is 12.4. The fourth-order valence-electron chi connectivity index (χ4n) is 9.42. The van der Waals surface area contributed by atoms with Crippen LogP contribution in [0, 0.1) is 13.8 Å². The van der Waals surface area contributed by atoms with E-state index in [0.29, 0.717) is 50.0 Å². The topological polar surface area (TPSA) is 85.4 Å². The summed E-state index contributed by atoms with van der Waals surface area (Å²) in [6.07, 6.45) is 4.09. The number of amides is 1. The molecule has 0 aromatic heterocycles. The summed E-state index contributed by atoms with van der Waals surface area (Å²) in [6, 6.07) is 20.4. The molecular formula is C40H46N2O6. The highest BCUT2D eigenvalue weighted by molar-refractivity contribution is 5.77. The molecule has 2 fully saturated rings. The van der Waals surface area contributed by atoms with Crippen LogP contribution in [-0.2, 0) is 43.8 Å². The molecule has 0 radical (unpaired) electrons. The van der Waals surface area contributed by atoms with Crippen molar-refractivity contribution in [2.24, 2.45) is 0 Å². The molecule has 7 rings (SSSR count). The van der Waals surface area contributed by atoms with Crippen LogP contribution in [0.2, 0.25) is 0 Å². The Kier molecular flexibility index (Phi) is 8.35. The van der Waals surface area contributed by atoms with Gasteiger partial charge in [-0.1, -0.05) is 54.6 Å². The Hall–Kier alpha value is -4.17. The molecule has 8 nitrogen and oxygen atoms in total. The molecule has 252 valence electrons. The van der Waals surface area contributed by atoms with Gasteiger partial charge < -0.3 is 19.1 Å². The molecule has 8 heteroatoms. The number of carbonyl (C=O) groups is 3. The van der Waals surface area contributed by atoms with E-state index in [4.69, 9.17) is 14.2 Å². The predicted octanol–water partition coefficient (Wildman–Crippen LogP) is 5.66. The number of hydrogen-bond acceptors (Lipinski definition) is 7. The molecule has 2 aliphatic carbocycles. The van der Waals surface area contributed by atoms with E-state index in [1.807, 2.05) is 24.1 Å². The van der Waals surface area contributed by atoms with Crippen LogP contribution >= 0.6 is 0 Å². The van der Waals surface area contributed by atoms with Crippen molar-refractivity contribution in [3.63, 3.8) is 0 Å². The third kappa shape index (κ3) is 5.20. The average molecular weight is 651 g/mol. The summed E-state index contributed by atoms with van der Waals surface area (Å²) in [6.45, 7) is 8.73. The van der Waals surface area contributed by atoms with Crippen LogP contribution in [0.1, 0.15) is 72.9 Å². The highest BCUT2D eigenvalue weighted by atomic mass is 16.6. The summed E-state index contributed by atoms with van der Waals surface area (Å²) >= 11 is 0. The molecule has 48 heavy (non-hydrogen) atoms. The van der Waals surface area contributed by atoms with Crippen LogP contribution in [0.4, 0.5) is 0 Å². The summed E-state index contributed by atoms with van der Waals surface area (Å²) in [7, 11) is 1.89. The van der Waals surface area contributed by atoms with E-state index < -0.39 is 23.1 Å². The molecule has 2 unspecified atom stereocenters. The Morgan fingerprint density at radius 2 is 1.73 bits per heavy atom. The maximum Gasteiger partial charge on any atom is 0.308 e. The van der Waals surface area contributed by atoms with Gasteiger partial charge in [0, 0.05) is 39.4 Å². The van der Waals surface area contributed by atoms with Crippen molar-refractivity contribution < 1.29 is 28.6 Å².